The summed E-state index contributed by atoms with van der Waals surface area (Å²) in [6.07, 6.45) is 7.31. The third-order valence-electron chi connectivity index (χ3n) is 4.27. The largest absolute Gasteiger partial charge is 0.308 e. The quantitative estimate of drug-likeness (QED) is 0.770. The van der Waals surface area contributed by atoms with Crippen molar-refractivity contribution in [2.45, 2.75) is 45.6 Å². The molecule has 0 saturated heterocycles. The van der Waals surface area contributed by atoms with Crippen LogP contribution in [0, 0.1) is 5.41 Å². The molecule has 1 aliphatic carbocycles. The summed E-state index contributed by atoms with van der Waals surface area (Å²) in [7, 11) is 4.06. The second kappa shape index (κ2) is 6.39. The van der Waals surface area contributed by atoms with Crippen LogP contribution in [-0.2, 0) is 6.54 Å². The van der Waals surface area contributed by atoms with Gasteiger partial charge in [0.15, 0.2) is 5.78 Å². The van der Waals surface area contributed by atoms with Crippen LogP contribution in [0.15, 0.2) is 10.7 Å². The van der Waals surface area contributed by atoms with Gasteiger partial charge in [-0.15, -0.1) is 0 Å². The van der Waals surface area contributed by atoms with Crippen molar-refractivity contribution in [2.24, 2.45) is 5.41 Å². The number of likely N-dealkylation sites (N-methyl/N-ethyl adjacent to an activating group) is 1. The average molecular weight is 342 g/mol. The summed E-state index contributed by atoms with van der Waals surface area (Å²) in [4.78, 5) is 15.1. The Balaban J connectivity index is 2.22. The third-order valence-corrected chi connectivity index (χ3v) is 4.85. The van der Waals surface area contributed by atoms with Gasteiger partial charge >= 0.3 is 0 Å². The molecule has 1 aromatic rings. The van der Waals surface area contributed by atoms with Gasteiger partial charge in [-0.1, -0.05) is 26.2 Å². The highest BCUT2D eigenvalue weighted by Crippen LogP contribution is 2.39. The van der Waals surface area contributed by atoms with E-state index in [2.05, 4.69) is 32.9 Å². The van der Waals surface area contributed by atoms with Crippen LogP contribution >= 0.6 is 15.9 Å². The Labute approximate surface area is 129 Å². The molecule has 0 radical (unpaired) electrons. The monoisotopic (exact) mass is 341 g/mol. The van der Waals surface area contributed by atoms with Gasteiger partial charge in [0.2, 0.25) is 0 Å². The summed E-state index contributed by atoms with van der Waals surface area (Å²) < 4.78 is 2.68. The molecule has 0 bridgehead atoms. The molecule has 5 heteroatoms. The Kier molecular flexibility index (Phi) is 5.02. The molecule has 0 atom stereocenters. The average Bonchev–Trinajstić information content (AvgIpc) is 2.77. The first-order chi connectivity index (χ1) is 9.44. The fraction of sp³-hybridized carbons (Fsp3) is 0.733. The van der Waals surface area contributed by atoms with Crippen molar-refractivity contribution in [3.05, 3.63) is 16.4 Å². The fourth-order valence-corrected chi connectivity index (χ4v) is 3.37. The van der Waals surface area contributed by atoms with Gasteiger partial charge in [-0.05, 0) is 42.9 Å². The number of hydrogen-bond acceptors (Lipinski definition) is 3. The van der Waals surface area contributed by atoms with Crippen molar-refractivity contribution in [1.82, 2.24) is 14.7 Å². The van der Waals surface area contributed by atoms with Crippen LogP contribution in [0.4, 0.5) is 0 Å². The Morgan fingerprint density at radius 3 is 2.65 bits per heavy atom. The van der Waals surface area contributed by atoms with Crippen molar-refractivity contribution in [3.63, 3.8) is 0 Å². The Morgan fingerprint density at radius 1 is 1.40 bits per heavy atom. The van der Waals surface area contributed by atoms with Crippen LogP contribution < -0.4 is 0 Å². The third kappa shape index (κ3) is 3.31. The SMILES string of the molecule is CN(C)CCn1ncc(Br)c1C(=O)C1(C)CCCCC1. The van der Waals surface area contributed by atoms with Gasteiger partial charge in [-0.25, -0.2) is 0 Å². The van der Waals surface area contributed by atoms with Crippen LogP contribution in [-0.4, -0.2) is 41.1 Å². The summed E-state index contributed by atoms with van der Waals surface area (Å²) in [5.41, 5.74) is 0.535. The first-order valence-corrected chi connectivity index (χ1v) is 8.14. The number of ketones is 1. The van der Waals surface area contributed by atoms with Gasteiger partial charge < -0.3 is 4.90 Å². The summed E-state index contributed by atoms with van der Waals surface area (Å²) in [6.45, 7) is 3.74. The van der Waals surface area contributed by atoms with Gasteiger partial charge in [0.05, 0.1) is 17.2 Å². The number of carbonyl (C=O) groups excluding carboxylic acids is 1. The van der Waals surface area contributed by atoms with Gasteiger partial charge in [0.1, 0.15) is 5.69 Å². The van der Waals surface area contributed by atoms with Gasteiger partial charge in [0.25, 0.3) is 0 Å². The molecule has 1 aliphatic rings. The van der Waals surface area contributed by atoms with Gasteiger partial charge in [-0.3, -0.25) is 9.48 Å². The van der Waals surface area contributed by atoms with E-state index in [0.717, 1.165) is 48.9 Å². The van der Waals surface area contributed by atoms with Crippen molar-refractivity contribution in [3.8, 4) is 0 Å². The fourth-order valence-electron chi connectivity index (χ4n) is 2.90. The highest BCUT2D eigenvalue weighted by molar-refractivity contribution is 9.10. The van der Waals surface area contributed by atoms with Crippen LogP contribution in [0.2, 0.25) is 0 Å². The molecule has 0 aromatic carbocycles. The topological polar surface area (TPSA) is 38.1 Å². The lowest BCUT2D eigenvalue weighted by atomic mass is 9.72. The van der Waals surface area contributed by atoms with Crippen LogP contribution in [0.5, 0.6) is 0 Å². The van der Waals surface area contributed by atoms with Crippen molar-refractivity contribution in [2.75, 3.05) is 20.6 Å². The number of aromatic nitrogens is 2. The summed E-state index contributed by atoms with van der Waals surface area (Å²) in [5.74, 6) is 0.250. The molecule has 0 aliphatic heterocycles. The van der Waals surface area contributed by atoms with E-state index in [0.29, 0.717) is 0 Å². The van der Waals surface area contributed by atoms with E-state index in [1.54, 1.807) is 6.20 Å². The van der Waals surface area contributed by atoms with E-state index in [-0.39, 0.29) is 11.2 Å². The molecule has 0 unspecified atom stereocenters. The molecule has 1 heterocycles. The number of hydrogen-bond donors (Lipinski definition) is 0. The normalized spacial score (nSPS) is 18.4. The van der Waals surface area contributed by atoms with Crippen LogP contribution in [0.3, 0.4) is 0 Å². The molecular formula is C15H24BrN3O. The van der Waals surface area contributed by atoms with E-state index in [9.17, 15) is 4.79 Å². The van der Waals surface area contributed by atoms with E-state index < -0.39 is 0 Å². The van der Waals surface area contributed by atoms with E-state index in [4.69, 9.17) is 0 Å². The number of halogens is 1. The van der Waals surface area contributed by atoms with Crippen molar-refractivity contribution < 1.29 is 4.79 Å². The molecule has 0 spiro atoms. The van der Waals surface area contributed by atoms with E-state index in [1.807, 2.05) is 18.8 Å². The molecular weight excluding hydrogens is 318 g/mol. The second-order valence-electron chi connectivity index (χ2n) is 6.32. The maximum Gasteiger partial charge on any atom is 0.187 e. The van der Waals surface area contributed by atoms with Crippen LogP contribution in [0.1, 0.15) is 49.5 Å². The zero-order valence-corrected chi connectivity index (χ0v) is 14.2. The second-order valence-corrected chi connectivity index (χ2v) is 7.17. The van der Waals surface area contributed by atoms with Gasteiger partial charge in [-0.2, -0.15) is 5.10 Å². The van der Waals surface area contributed by atoms with E-state index >= 15 is 0 Å². The summed E-state index contributed by atoms with van der Waals surface area (Å²) in [5, 5.41) is 4.36. The molecule has 2 rings (SSSR count). The maximum absolute atomic E-state index is 13.0. The Hall–Kier alpha value is -0.680. The molecule has 20 heavy (non-hydrogen) atoms. The number of nitrogens with zero attached hydrogens (tertiary/aromatic N) is 3. The highest BCUT2D eigenvalue weighted by atomic mass is 79.9. The summed E-state index contributed by atoms with van der Waals surface area (Å²) >= 11 is 3.50. The zero-order chi connectivity index (χ0) is 14.8. The first kappa shape index (κ1) is 15.7. The number of carbonyl (C=O) groups is 1. The van der Waals surface area contributed by atoms with Crippen molar-refractivity contribution in [1.29, 1.82) is 0 Å². The lowest BCUT2D eigenvalue weighted by Crippen LogP contribution is -2.33. The lowest BCUT2D eigenvalue weighted by molar-refractivity contribution is 0.0735. The van der Waals surface area contributed by atoms with Crippen LogP contribution in [0.25, 0.3) is 0 Å². The van der Waals surface area contributed by atoms with E-state index in [1.165, 1.54) is 6.42 Å². The minimum atomic E-state index is -0.212. The number of rotatable bonds is 5. The minimum Gasteiger partial charge on any atom is -0.308 e. The molecule has 1 saturated carbocycles. The Bertz CT molecular complexity index is 475. The highest BCUT2D eigenvalue weighted by Gasteiger charge is 2.37. The maximum atomic E-state index is 13.0. The predicted octanol–water partition coefficient (Wildman–Crippen LogP) is 3.36. The van der Waals surface area contributed by atoms with Crippen molar-refractivity contribution >= 4 is 21.7 Å². The zero-order valence-electron chi connectivity index (χ0n) is 12.7. The molecule has 4 nitrogen and oxygen atoms in total. The molecule has 0 amide bonds. The first-order valence-electron chi connectivity index (χ1n) is 7.35. The standard InChI is InChI=1S/C15H24BrN3O/c1-15(7-5-4-6-8-15)14(20)13-12(16)11-17-19(13)10-9-18(2)3/h11H,4-10H2,1-3H3. The predicted molar refractivity (Wildman–Crippen MR) is 84.0 cm³/mol. The summed E-state index contributed by atoms with van der Waals surface area (Å²) in [6, 6.07) is 0. The smallest absolute Gasteiger partial charge is 0.187 e. The molecule has 1 aromatic heterocycles. The number of Topliss-reactive ketones (excluding diaryl/α,β-unsaturated/α-hetero) is 1. The minimum absolute atomic E-state index is 0.212. The Morgan fingerprint density at radius 2 is 2.05 bits per heavy atom. The van der Waals surface area contributed by atoms with Gasteiger partial charge in [0, 0.05) is 12.0 Å². The molecule has 112 valence electrons. The molecule has 1 fully saturated rings. The lowest BCUT2D eigenvalue weighted by Gasteiger charge is -2.32. The molecule has 0 N–H and O–H groups in total.